The molecule has 0 atom stereocenters. The standard InChI is InChI=1S/C11H7FN2O2.C8H7FN2/c12-9-3-1-2-7(4-9)10-13-5-8(6-14-10)11(15)16;9-7-2-1-3-8-6(7)4-5-11(8)10/h1-6H,(H,15,16);1-5H,10H2. The molecule has 2 aromatic carbocycles. The predicted octanol–water partition coefficient (Wildman–Crippen LogP) is 3.48. The van der Waals surface area contributed by atoms with Crippen molar-refractivity contribution in [2.75, 3.05) is 5.84 Å². The summed E-state index contributed by atoms with van der Waals surface area (Å²) in [6, 6.07) is 12.3. The van der Waals surface area contributed by atoms with Crippen molar-refractivity contribution < 1.29 is 18.7 Å². The first kappa shape index (κ1) is 18.0. The molecule has 0 bridgehead atoms. The van der Waals surface area contributed by atoms with Gasteiger partial charge in [-0.2, -0.15) is 0 Å². The molecule has 4 rings (SSSR count). The number of carboxylic acid groups (broad SMARTS) is 1. The normalized spacial score (nSPS) is 10.3. The summed E-state index contributed by atoms with van der Waals surface area (Å²) >= 11 is 0. The molecule has 0 aliphatic carbocycles. The topological polar surface area (TPSA) is 94.0 Å². The van der Waals surface area contributed by atoms with Gasteiger partial charge in [0, 0.05) is 29.5 Å². The SMILES string of the molecule is Nn1ccc2c(F)cccc21.O=C(O)c1cnc(-c2cccc(F)c2)nc1. The molecule has 0 saturated heterocycles. The highest BCUT2D eigenvalue weighted by atomic mass is 19.1. The van der Waals surface area contributed by atoms with Crippen molar-refractivity contribution in [3.63, 3.8) is 0 Å². The lowest BCUT2D eigenvalue weighted by atomic mass is 10.2. The third kappa shape index (κ3) is 4.06. The van der Waals surface area contributed by atoms with Crippen molar-refractivity contribution in [1.29, 1.82) is 0 Å². The average molecular weight is 368 g/mol. The molecule has 0 aliphatic rings. The summed E-state index contributed by atoms with van der Waals surface area (Å²) in [5, 5.41) is 9.22. The van der Waals surface area contributed by atoms with Gasteiger partial charge in [0.1, 0.15) is 11.6 Å². The number of hydrogen-bond acceptors (Lipinski definition) is 4. The van der Waals surface area contributed by atoms with E-state index in [0.29, 0.717) is 22.3 Å². The molecule has 0 saturated carbocycles. The van der Waals surface area contributed by atoms with Crippen LogP contribution in [-0.4, -0.2) is 25.7 Å². The molecule has 136 valence electrons. The Bertz CT molecular complexity index is 1090. The maximum absolute atomic E-state index is 12.9. The molecule has 0 unspecified atom stereocenters. The molecule has 0 aliphatic heterocycles. The Morgan fingerprint density at radius 2 is 1.74 bits per heavy atom. The Morgan fingerprint density at radius 1 is 1.04 bits per heavy atom. The van der Waals surface area contributed by atoms with Crippen molar-refractivity contribution >= 4 is 16.9 Å². The van der Waals surface area contributed by atoms with Crippen LogP contribution < -0.4 is 5.84 Å². The molecule has 2 heterocycles. The lowest BCUT2D eigenvalue weighted by Gasteiger charge is -2.00. The maximum Gasteiger partial charge on any atom is 0.338 e. The van der Waals surface area contributed by atoms with Crippen LogP contribution >= 0.6 is 0 Å². The zero-order chi connectivity index (χ0) is 19.4. The van der Waals surface area contributed by atoms with E-state index in [2.05, 4.69) is 9.97 Å². The average Bonchev–Trinajstić information content (AvgIpc) is 3.05. The van der Waals surface area contributed by atoms with Gasteiger partial charge in [0.05, 0.1) is 11.1 Å². The van der Waals surface area contributed by atoms with E-state index in [1.54, 1.807) is 36.5 Å². The van der Waals surface area contributed by atoms with Gasteiger partial charge in [-0.1, -0.05) is 18.2 Å². The third-order valence-corrected chi connectivity index (χ3v) is 3.69. The number of fused-ring (bicyclic) bond motifs is 1. The number of benzene rings is 2. The molecule has 6 nitrogen and oxygen atoms in total. The van der Waals surface area contributed by atoms with Crippen molar-refractivity contribution in [2.45, 2.75) is 0 Å². The molecule has 0 radical (unpaired) electrons. The van der Waals surface area contributed by atoms with Gasteiger partial charge >= 0.3 is 5.97 Å². The second kappa shape index (κ2) is 7.61. The molecule has 27 heavy (non-hydrogen) atoms. The van der Waals surface area contributed by atoms with Crippen LogP contribution in [0.3, 0.4) is 0 Å². The summed E-state index contributed by atoms with van der Waals surface area (Å²) in [7, 11) is 0. The number of aromatic nitrogens is 3. The fourth-order valence-electron chi connectivity index (χ4n) is 2.37. The number of nitrogen functional groups attached to an aromatic ring is 1. The Hall–Kier alpha value is -3.81. The van der Waals surface area contributed by atoms with Crippen LogP contribution in [0, 0.1) is 11.6 Å². The molecule has 0 fully saturated rings. The third-order valence-electron chi connectivity index (χ3n) is 3.69. The van der Waals surface area contributed by atoms with Gasteiger partial charge in [-0.15, -0.1) is 0 Å². The smallest absolute Gasteiger partial charge is 0.338 e. The van der Waals surface area contributed by atoms with E-state index in [-0.39, 0.29) is 17.2 Å². The van der Waals surface area contributed by atoms with Gasteiger partial charge in [-0.05, 0) is 30.3 Å². The van der Waals surface area contributed by atoms with Crippen LogP contribution in [0.4, 0.5) is 8.78 Å². The maximum atomic E-state index is 12.9. The molecular weight excluding hydrogens is 354 g/mol. The molecule has 8 heteroatoms. The summed E-state index contributed by atoms with van der Waals surface area (Å²) in [5.74, 6) is 4.08. The largest absolute Gasteiger partial charge is 0.478 e. The van der Waals surface area contributed by atoms with E-state index in [9.17, 15) is 13.6 Å². The molecular formula is C19H14F2N4O2. The van der Waals surface area contributed by atoms with E-state index >= 15 is 0 Å². The van der Waals surface area contributed by atoms with Crippen molar-refractivity contribution in [2.24, 2.45) is 0 Å². The van der Waals surface area contributed by atoms with Crippen LogP contribution in [0.25, 0.3) is 22.3 Å². The lowest BCUT2D eigenvalue weighted by Crippen LogP contribution is -2.04. The van der Waals surface area contributed by atoms with Gasteiger partial charge in [0.15, 0.2) is 5.82 Å². The van der Waals surface area contributed by atoms with E-state index in [1.165, 1.54) is 35.3 Å². The highest BCUT2D eigenvalue weighted by molar-refractivity contribution is 5.86. The van der Waals surface area contributed by atoms with E-state index < -0.39 is 5.97 Å². The molecule has 2 aromatic heterocycles. The van der Waals surface area contributed by atoms with Crippen LogP contribution in [0.1, 0.15) is 10.4 Å². The first-order chi connectivity index (χ1) is 13.0. The minimum Gasteiger partial charge on any atom is -0.478 e. The van der Waals surface area contributed by atoms with Gasteiger partial charge in [0.25, 0.3) is 0 Å². The Balaban J connectivity index is 0.000000166. The molecule has 0 amide bonds. The summed E-state index contributed by atoms with van der Waals surface area (Å²) in [6.45, 7) is 0. The van der Waals surface area contributed by atoms with Crippen LogP contribution in [0.15, 0.2) is 67.1 Å². The quantitative estimate of drug-likeness (QED) is 0.528. The van der Waals surface area contributed by atoms with Gasteiger partial charge in [0.2, 0.25) is 0 Å². The van der Waals surface area contributed by atoms with E-state index in [4.69, 9.17) is 10.9 Å². The van der Waals surface area contributed by atoms with Crippen LogP contribution in [-0.2, 0) is 0 Å². The highest BCUT2D eigenvalue weighted by Gasteiger charge is 2.06. The van der Waals surface area contributed by atoms with E-state index in [0.717, 1.165) is 0 Å². The summed E-state index contributed by atoms with van der Waals surface area (Å²) in [4.78, 5) is 18.3. The number of halogens is 2. The van der Waals surface area contributed by atoms with Gasteiger partial charge in [-0.25, -0.2) is 23.5 Å². The first-order valence-electron chi connectivity index (χ1n) is 7.77. The minimum absolute atomic E-state index is 0.000142. The van der Waals surface area contributed by atoms with Crippen molar-refractivity contribution in [1.82, 2.24) is 14.6 Å². The van der Waals surface area contributed by atoms with Gasteiger partial charge in [-0.3, -0.25) is 4.68 Å². The zero-order valence-corrected chi connectivity index (χ0v) is 13.9. The highest BCUT2D eigenvalue weighted by Crippen LogP contribution is 2.16. The second-order valence-corrected chi connectivity index (χ2v) is 5.51. The summed E-state index contributed by atoms with van der Waals surface area (Å²) in [6.07, 6.45) is 4.01. The van der Waals surface area contributed by atoms with Crippen molar-refractivity contribution in [3.05, 3.63) is 84.3 Å². The molecule has 0 spiro atoms. The van der Waals surface area contributed by atoms with Crippen molar-refractivity contribution in [3.8, 4) is 11.4 Å². The predicted molar refractivity (Wildman–Crippen MR) is 96.4 cm³/mol. The fraction of sp³-hybridized carbons (Fsp3) is 0. The van der Waals surface area contributed by atoms with Crippen LogP contribution in [0.5, 0.6) is 0 Å². The summed E-state index contributed by atoms with van der Waals surface area (Å²) < 4.78 is 27.2. The van der Waals surface area contributed by atoms with Gasteiger partial charge < -0.3 is 10.9 Å². The monoisotopic (exact) mass is 368 g/mol. The Labute approximate surface area is 152 Å². The number of nitrogens with two attached hydrogens (primary N) is 1. The molecule has 3 N–H and O–H groups in total. The number of hydrogen-bond donors (Lipinski definition) is 2. The number of carbonyl (C=O) groups is 1. The Kier molecular flexibility index (Phi) is 5.07. The number of rotatable bonds is 2. The zero-order valence-electron chi connectivity index (χ0n) is 13.9. The molecule has 4 aromatic rings. The number of nitrogens with zero attached hydrogens (tertiary/aromatic N) is 3. The first-order valence-corrected chi connectivity index (χ1v) is 7.77. The number of aromatic carboxylic acids is 1. The number of carboxylic acids is 1. The second-order valence-electron chi connectivity index (χ2n) is 5.51. The lowest BCUT2D eigenvalue weighted by molar-refractivity contribution is 0.0696. The summed E-state index contributed by atoms with van der Waals surface area (Å²) in [5.41, 5.74) is 1.22. The fourth-order valence-corrected chi connectivity index (χ4v) is 2.37. The van der Waals surface area contributed by atoms with Crippen LogP contribution in [0.2, 0.25) is 0 Å². The minimum atomic E-state index is -1.09. The Morgan fingerprint density at radius 3 is 2.37 bits per heavy atom. The van der Waals surface area contributed by atoms with E-state index in [1.807, 2.05) is 0 Å².